The van der Waals surface area contributed by atoms with Crippen LogP contribution >= 0.6 is 0 Å². The van der Waals surface area contributed by atoms with Crippen LogP contribution in [0.5, 0.6) is 0 Å². The lowest BCUT2D eigenvalue weighted by molar-refractivity contribution is -0.199. The molecular weight excluding hydrogens is 733 g/mol. The maximum atomic E-state index is 16.0. The van der Waals surface area contributed by atoms with E-state index < -0.39 is 52.0 Å². The molecule has 0 saturated carbocycles. The summed E-state index contributed by atoms with van der Waals surface area (Å²) < 4.78 is 29.0. The summed E-state index contributed by atoms with van der Waals surface area (Å²) in [6, 6.07) is 56.0. The molecule has 0 radical (unpaired) electrons. The van der Waals surface area contributed by atoms with Crippen LogP contribution in [-0.2, 0) is 39.7 Å². The Morgan fingerprint density at radius 1 is 0.458 bits per heavy atom. The first-order valence-corrected chi connectivity index (χ1v) is 20.6. The van der Waals surface area contributed by atoms with E-state index in [0.717, 1.165) is 22.3 Å². The zero-order valence-electron chi connectivity index (χ0n) is 34.3. The van der Waals surface area contributed by atoms with Gasteiger partial charge in [0.25, 0.3) is 0 Å². The van der Waals surface area contributed by atoms with Gasteiger partial charge >= 0.3 is 11.9 Å². The second-order valence-electron chi connectivity index (χ2n) is 17.7. The third-order valence-corrected chi connectivity index (χ3v) is 12.7. The molecule has 0 spiro atoms. The van der Waals surface area contributed by atoms with Gasteiger partial charge in [0.1, 0.15) is 12.2 Å². The summed E-state index contributed by atoms with van der Waals surface area (Å²) in [5.74, 6) is -2.24. The molecule has 6 nitrogen and oxygen atoms in total. The molecular formula is C53H50O6. The molecule has 2 saturated heterocycles. The Morgan fingerprint density at radius 3 is 1.19 bits per heavy atom. The van der Waals surface area contributed by atoms with Crippen LogP contribution in [0.2, 0.25) is 0 Å². The fourth-order valence-corrected chi connectivity index (χ4v) is 10.2. The second kappa shape index (κ2) is 14.5. The molecule has 0 bridgehead atoms. The summed E-state index contributed by atoms with van der Waals surface area (Å²) in [6.45, 7) is 9.44. The highest BCUT2D eigenvalue weighted by Gasteiger charge is 2.67. The molecule has 0 aromatic heterocycles. The van der Waals surface area contributed by atoms with Crippen LogP contribution in [0.1, 0.15) is 86.8 Å². The highest BCUT2D eigenvalue weighted by Crippen LogP contribution is 2.57. The summed E-state index contributed by atoms with van der Waals surface area (Å²) in [5.41, 5.74) is 1.85. The number of ether oxygens (including phenoxy) is 4. The van der Waals surface area contributed by atoms with Crippen molar-refractivity contribution in [2.75, 3.05) is 0 Å². The molecule has 2 fully saturated rings. The van der Waals surface area contributed by atoms with Crippen LogP contribution in [0.15, 0.2) is 170 Å². The number of carbonyl (C=O) groups is 2. The van der Waals surface area contributed by atoms with Gasteiger partial charge in [-0.2, -0.15) is 0 Å². The van der Waals surface area contributed by atoms with Crippen molar-refractivity contribution >= 4 is 11.9 Å². The Balaban J connectivity index is 1.34. The van der Waals surface area contributed by atoms with Gasteiger partial charge in [0.05, 0.1) is 10.8 Å². The van der Waals surface area contributed by atoms with E-state index in [9.17, 15) is 0 Å². The minimum Gasteiger partial charge on any atom is -0.446 e. The van der Waals surface area contributed by atoms with E-state index in [-0.39, 0.29) is 12.3 Å². The standard InChI is InChI=1S/C53H50O6/c1-49(2)35-51(5,34-44-42-32-20-18-30-40(42)41-31-19-21-33-43(41)44)48(55)59-53(38-26-14-8-15-27-38,39-28-16-9-17-29-39)46-45(56-50(3,4)57-46)52(58-47(49)54,36-22-10-6-11-23-36)37-24-12-7-13-25-37/h6-33,44-46H,34-35H2,1-5H3/t45-,46-,51+/m1/s1. The predicted octanol–water partition coefficient (Wildman–Crippen LogP) is 11.1. The Morgan fingerprint density at radius 2 is 0.797 bits per heavy atom. The first-order chi connectivity index (χ1) is 28.4. The minimum atomic E-state index is -1.60. The second-order valence-corrected chi connectivity index (χ2v) is 17.7. The molecule has 9 rings (SSSR count). The molecule has 2 aliphatic heterocycles. The third-order valence-electron chi connectivity index (χ3n) is 12.7. The Kier molecular flexibility index (Phi) is 9.49. The minimum absolute atomic E-state index is 0.134. The van der Waals surface area contributed by atoms with Gasteiger partial charge in [-0.05, 0) is 69.7 Å². The van der Waals surface area contributed by atoms with Crippen molar-refractivity contribution < 1.29 is 28.5 Å². The van der Waals surface area contributed by atoms with Gasteiger partial charge in [-0.25, -0.2) is 0 Å². The van der Waals surface area contributed by atoms with Crippen molar-refractivity contribution in [1.82, 2.24) is 0 Å². The van der Waals surface area contributed by atoms with Crippen molar-refractivity contribution in [3.8, 4) is 11.1 Å². The average molecular weight is 783 g/mol. The first kappa shape index (κ1) is 38.7. The van der Waals surface area contributed by atoms with Crippen molar-refractivity contribution in [2.45, 2.75) is 82.6 Å². The van der Waals surface area contributed by atoms with E-state index in [1.54, 1.807) is 0 Å². The molecule has 6 heteroatoms. The molecule has 298 valence electrons. The van der Waals surface area contributed by atoms with Gasteiger partial charge in [0, 0.05) is 28.2 Å². The highest BCUT2D eigenvalue weighted by molar-refractivity contribution is 5.84. The maximum absolute atomic E-state index is 16.0. The SMILES string of the molecule is CC1(C)O[C@@H]2[C@@H](O1)C(c1ccccc1)(c1ccccc1)OC(=O)[C@@](C)(CC1c3ccccc3-c3ccccc31)CC(C)(C)C(=O)OC2(c1ccccc1)c1ccccc1. The molecule has 2 heterocycles. The molecule has 1 aliphatic carbocycles. The van der Waals surface area contributed by atoms with Gasteiger partial charge < -0.3 is 18.9 Å². The third kappa shape index (κ3) is 6.41. The first-order valence-electron chi connectivity index (χ1n) is 20.6. The molecule has 0 amide bonds. The average Bonchev–Trinajstić information content (AvgIpc) is 3.75. The lowest BCUT2D eigenvalue weighted by Crippen LogP contribution is -2.58. The maximum Gasteiger partial charge on any atom is 0.313 e. The van der Waals surface area contributed by atoms with E-state index in [0.29, 0.717) is 28.7 Å². The van der Waals surface area contributed by atoms with Gasteiger partial charge in [-0.15, -0.1) is 0 Å². The normalized spacial score (nSPS) is 24.1. The number of cyclic esters (lactones) is 2. The highest BCUT2D eigenvalue weighted by atomic mass is 16.8. The van der Waals surface area contributed by atoms with Crippen LogP contribution in [0.4, 0.5) is 0 Å². The lowest BCUT2D eigenvalue weighted by Gasteiger charge is -2.46. The Bertz CT molecular complexity index is 2350. The quantitative estimate of drug-likeness (QED) is 0.157. The predicted molar refractivity (Wildman–Crippen MR) is 228 cm³/mol. The number of esters is 2. The molecule has 0 N–H and O–H groups in total. The zero-order chi connectivity index (χ0) is 41.0. The van der Waals surface area contributed by atoms with E-state index in [2.05, 4.69) is 48.5 Å². The van der Waals surface area contributed by atoms with E-state index in [4.69, 9.17) is 18.9 Å². The molecule has 3 atom stereocenters. The summed E-state index contributed by atoms with van der Waals surface area (Å²) in [6.07, 6.45) is -1.55. The number of fused-ring (bicyclic) bond motifs is 4. The van der Waals surface area contributed by atoms with Crippen LogP contribution in [0, 0.1) is 10.8 Å². The van der Waals surface area contributed by atoms with Crippen LogP contribution in [-0.4, -0.2) is 29.9 Å². The molecule has 3 aliphatic rings. The van der Waals surface area contributed by atoms with E-state index in [1.165, 1.54) is 0 Å². The van der Waals surface area contributed by atoms with Gasteiger partial charge in [-0.3, -0.25) is 9.59 Å². The number of carbonyl (C=O) groups excluding carboxylic acids is 2. The Labute approximate surface area is 347 Å². The summed E-state index contributed by atoms with van der Waals surface area (Å²) >= 11 is 0. The smallest absolute Gasteiger partial charge is 0.313 e. The fourth-order valence-electron chi connectivity index (χ4n) is 10.2. The largest absolute Gasteiger partial charge is 0.446 e. The van der Waals surface area contributed by atoms with Gasteiger partial charge in [0.15, 0.2) is 17.0 Å². The summed E-state index contributed by atoms with van der Waals surface area (Å²) in [4.78, 5) is 31.5. The summed E-state index contributed by atoms with van der Waals surface area (Å²) in [7, 11) is 0. The molecule has 6 aromatic rings. The number of rotatable bonds is 6. The van der Waals surface area contributed by atoms with Gasteiger partial charge in [-0.1, -0.05) is 170 Å². The molecule has 6 aromatic carbocycles. The molecule has 0 unspecified atom stereocenters. The number of hydrogen-bond donors (Lipinski definition) is 0. The fraction of sp³-hybridized carbons (Fsp3) is 0.283. The Hall–Kier alpha value is -5.82. The number of hydrogen-bond acceptors (Lipinski definition) is 6. The van der Waals surface area contributed by atoms with E-state index in [1.807, 2.05) is 156 Å². The number of benzene rings is 6. The van der Waals surface area contributed by atoms with Crippen LogP contribution in [0.25, 0.3) is 11.1 Å². The van der Waals surface area contributed by atoms with Gasteiger partial charge in [0.2, 0.25) is 0 Å². The van der Waals surface area contributed by atoms with E-state index >= 15 is 9.59 Å². The van der Waals surface area contributed by atoms with Crippen molar-refractivity contribution in [2.24, 2.45) is 10.8 Å². The monoisotopic (exact) mass is 782 g/mol. The zero-order valence-corrected chi connectivity index (χ0v) is 34.3. The topological polar surface area (TPSA) is 71.1 Å². The van der Waals surface area contributed by atoms with Crippen LogP contribution in [0.3, 0.4) is 0 Å². The lowest BCUT2D eigenvalue weighted by atomic mass is 9.68. The van der Waals surface area contributed by atoms with Crippen molar-refractivity contribution in [1.29, 1.82) is 0 Å². The molecule has 59 heavy (non-hydrogen) atoms. The van der Waals surface area contributed by atoms with Crippen molar-refractivity contribution in [3.05, 3.63) is 203 Å². The van der Waals surface area contributed by atoms with Crippen LogP contribution < -0.4 is 0 Å². The van der Waals surface area contributed by atoms with Crippen molar-refractivity contribution in [3.63, 3.8) is 0 Å². The summed E-state index contributed by atoms with van der Waals surface area (Å²) in [5, 5.41) is 0.